The molecule has 2 heterocycles. The lowest BCUT2D eigenvalue weighted by molar-refractivity contribution is 0.662. The topological polar surface area (TPSA) is 20.2 Å². The van der Waals surface area contributed by atoms with E-state index in [2.05, 4.69) is 212 Å². The average molecular weight is 732 g/mol. The molecule has 57 heavy (non-hydrogen) atoms. The van der Waals surface area contributed by atoms with Crippen molar-refractivity contribution in [3.05, 3.63) is 192 Å². The predicted molar refractivity (Wildman–Crippen MR) is 244 cm³/mol. The van der Waals surface area contributed by atoms with E-state index in [1.54, 1.807) is 0 Å². The molecule has 0 atom stereocenters. The van der Waals surface area contributed by atoms with Gasteiger partial charge in [0, 0.05) is 55.7 Å². The molecule has 4 heteroatoms. The summed E-state index contributed by atoms with van der Waals surface area (Å²) < 4.78 is 2.55. The largest absolute Gasteiger partial charge is 0.355 e. The third kappa shape index (κ3) is 5.06. The lowest BCUT2D eigenvalue weighted by Gasteiger charge is -2.31. The van der Waals surface area contributed by atoms with Crippen LogP contribution in [0.3, 0.4) is 0 Å². The van der Waals surface area contributed by atoms with Crippen LogP contribution in [0.4, 0.5) is 28.4 Å². The van der Waals surface area contributed by atoms with Gasteiger partial charge in [0.1, 0.15) is 0 Å². The molecule has 272 valence electrons. The number of benzene rings is 8. The zero-order valence-electron chi connectivity index (χ0n) is 32.8. The first-order valence-electron chi connectivity index (χ1n) is 20.1. The van der Waals surface area contributed by atoms with Gasteiger partial charge in [-0.1, -0.05) is 146 Å². The molecular formula is C53H42BN3. The summed E-state index contributed by atoms with van der Waals surface area (Å²) in [5.41, 5.74) is 22.1. The molecule has 0 spiro atoms. The number of aromatic nitrogens is 1. The third-order valence-electron chi connectivity index (χ3n) is 12.5. The fraction of sp³-hybridized carbons (Fsp3) is 0.0943. The average Bonchev–Trinajstić information content (AvgIpc) is 3.70. The summed E-state index contributed by atoms with van der Waals surface area (Å²) in [6.45, 7) is 9.18. The summed E-state index contributed by atoms with van der Waals surface area (Å²) in [6.07, 6.45) is 0. The van der Waals surface area contributed by atoms with Crippen molar-refractivity contribution in [1.29, 1.82) is 0 Å². The molecule has 0 saturated heterocycles. The predicted octanol–water partition coefficient (Wildman–Crippen LogP) is 12.3. The van der Waals surface area contributed by atoms with Crippen molar-refractivity contribution in [3.8, 4) is 27.9 Å². The highest BCUT2D eigenvalue weighted by Gasteiger charge is 2.39. The van der Waals surface area contributed by atoms with Gasteiger partial charge in [-0.15, -0.1) is 0 Å². The second-order valence-corrected chi connectivity index (χ2v) is 16.4. The number of hydrogen-bond acceptors (Lipinski definition) is 2. The molecular weight excluding hydrogens is 689 g/mol. The SMILES string of the molecule is Cc1ccc(Nc2c(-c3cc(N(c4ccccc4)c4ccccc4)cc4c3Bc3cccc5c6ccccc6n-4c35)ccc3c2C(C)(C)c2ccccc2-3)c(C)c1. The molecule has 11 rings (SSSR count). The Morgan fingerprint density at radius 1 is 0.561 bits per heavy atom. The molecule has 3 nitrogen and oxygen atoms in total. The molecule has 0 unspecified atom stereocenters. The van der Waals surface area contributed by atoms with Gasteiger partial charge in [-0.05, 0) is 101 Å². The lowest BCUT2D eigenvalue weighted by atomic mass is 9.59. The highest BCUT2D eigenvalue weighted by molar-refractivity contribution is 6.73. The van der Waals surface area contributed by atoms with E-state index in [-0.39, 0.29) is 5.41 Å². The summed E-state index contributed by atoms with van der Waals surface area (Å²) in [7, 11) is 0.832. The Kier molecular flexibility index (Phi) is 7.43. The van der Waals surface area contributed by atoms with E-state index in [1.807, 2.05) is 0 Å². The Morgan fingerprint density at radius 2 is 1.25 bits per heavy atom. The normalized spacial score (nSPS) is 13.2. The number of hydrogen-bond donors (Lipinski definition) is 1. The fourth-order valence-electron chi connectivity index (χ4n) is 9.99. The zero-order chi connectivity index (χ0) is 38.4. The van der Waals surface area contributed by atoms with Gasteiger partial charge in [-0.3, -0.25) is 0 Å². The number of para-hydroxylation sites is 4. The molecule has 1 N–H and O–H groups in total. The van der Waals surface area contributed by atoms with E-state index < -0.39 is 0 Å². The first kappa shape index (κ1) is 33.6. The quantitative estimate of drug-likeness (QED) is 0.172. The van der Waals surface area contributed by atoms with E-state index in [4.69, 9.17) is 0 Å². The molecule has 8 aromatic carbocycles. The van der Waals surface area contributed by atoms with Crippen molar-refractivity contribution >= 4 is 68.4 Å². The standard InChI is InChI=1S/C53H42BN3/c1-33-26-29-46(34(2)30-33)55-51-41(28-27-40-38-20-11-13-23-44(38)53(3,4)49(40)51)43-31-37(56(35-16-7-5-8-17-35)36-18-9-6-10-19-36)32-48-50(43)54-45-24-15-22-42-39-21-12-14-25-47(39)57(48)52(42)45/h5-32,54-55H,1-4H3. The summed E-state index contributed by atoms with van der Waals surface area (Å²) in [4.78, 5) is 2.41. The highest BCUT2D eigenvalue weighted by atomic mass is 15.1. The van der Waals surface area contributed by atoms with Gasteiger partial charge >= 0.3 is 0 Å². The molecule has 1 aliphatic carbocycles. The van der Waals surface area contributed by atoms with Crippen LogP contribution >= 0.6 is 0 Å². The Balaban J connectivity index is 1.26. The Bertz CT molecular complexity index is 3030. The smallest absolute Gasteiger partial charge is 0.198 e. The maximum Gasteiger partial charge on any atom is 0.198 e. The van der Waals surface area contributed by atoms with Crippen molar-refractivity contribution in [2.75, 3.05) is 10.2 Å². The molecule has 0 amide bonds. The van der Waals surface area contributed by atoms with Crippen LogP contribution in [0.15, 0.2) is 170 Å². The van der Waals surface area contributed by atoms with Crippen LogP contribution in [0.2, 0.25) is 0 Å². The highest BCUT2D eigenvalue weighted by Crippen LogP contribution is 2.55. The first-order valence-corrected chi connectivity index (χ1v) is 20.1. The lowest BCUT2D eigenvalue weighted by Crippen LogP contribution is -2.37. The number of rotatable bonds is 6. The van der Waals surface area contributed by atoms with Crippen molar-refractivity contribution in [3.63, 3.8) is 0 Å². The minimum atomic E-state index is -0.226. The maximum absolute atomic E-state index is 4.12. The molecule has 0 radical (unpaired) electrons. The first-order chi connectivity index (χ1) is 27.9. The van der Waals surface area contributed by atoms with Crippen LogP contribution in [0.5, 0.6) is 0 Å². The van der Waals surface area contributed by atoms with Crippen LogP contribution in [0.1, 0.15) is 36.1 Å². The molecule has 1 aromatic heterocycles. The number of aryl methyl sites for hydroxylation is 2. The summed E-state index contributed by atoms with van der Waals surface area (Å²) >= 11 is 0. The maximum atomic E-state index is 4.12. The molecule has 1 aliphatic heterocycles. The van der Waals surface area contributed by atoms with E-state index in [9.17, 15) is 0 Å². The van der Waals surface area contributed by atoms with Crippen molar-refractivity contribution in [2.24, 2.45) is 0 Å². The number of anilines is 5. The molecule has 0 bridgehead atoms. The van der Waals surface area contributed by atoms with E-state index in [0.717, 1.165) is 30.0 Å². The van der Waals surface area contributed by atoms with Crippen molar-refractivity contribution < 1.29 is 0 Å². The van der Waals surface area contributed by atoms with E-state index in [0.29, 0.717) is 0 Å². The van der Waals surface area contributed by atoms with Crippen LogP contribution in [0, 0.1) is 13.8 Å². The van der Waals surface area contributed by atoms with Gasteiger partial charge in [-0.25, -0.2) is 0 Å². The summed E-state index contributed by atoms with van der Waals surface area (Å²) in [5.74, 6) is 0. The van der Waals surface area contributed by atoms with Crippen LogP contribution in [-0.4, -0.2) is 11.8 Å². The molecule has 0 fully saturated rings. The van der Waals surface area contributed by atoms with Crippen LogP contribution in [-0.2, 0) is 5.41 Å². The van der Waals surface area contributed by atoms with Gasteiger partial charge in [0.25, 0.3) is 0 Å². The van der Waals surface area contributed by atoms with Crippen molar-refractivity contribution in [2.45, 2.75) is 33.1 Å². The molecule has 9 aromatic rings. The second kappa shape index (κ2) is 12.6. The fourth-order valence-corrected chi connectivity index (χ4v) is 9.99. The molecule has 2 aliphatic rings. The third-order valence-corrected chi connectivity index (χ3v) is 12.5. The summed E-state index contributed by atoms with van der Waals surface area (Å²) in [6, 6.07) is 62.8. The van der Waals surface area contributed by atoms with E-state index >= 15 is 0 Å². The van der Waals surface area contributed by atoms with Gasteiger partial charge in [0.15, 0.2) is 7.28 Å². The zero-order valence-corrected chi connectivity index (χ0v) is 32.8. The summed E-state index contributed by atoms with van der Waals surface area (Å²) in [5, 5.41) is 6.71. The van der Waals surface area contributed by atoms with Crippen LogP contribution < -0.4 is 21.1 Å². The Hall–Kier alpha value is -6.78. The van der Waals surface area contributed by atoms with Gasteiger partial charge in [-0.2, -0.15) is 0 Å². The van der Waals surface area contributed by atoms with Gasteiger partial charge in [0.2, 0.25) is 0 Å². The Labute approximate surface area is 335 Å². The molecule has 0 saturated carbocycles. The van der Waals surface area contributed by atoms with E-state index in [1.165, 1.54) is 88.6 Å². The number of fused-ring (bicyclic) bond motifs is 8. The number of nitrogens with one attached hydrogen (secondary N) is 1. The number of nitrogens with zero attached hydrogens (tertiary/aromatic N) is 2. The Morgan fingerprint density at radius 3 is 2.02 bits per heavy atom. The minimum Gasteiger partial charge on any atom is -0.355 e. The van der Waals surface area contributed by atoms with Gasteiger partial charge in [0.05, 0.1) is 11.2 Å². The van der Waals surface area contributed by atoms with Crippen LogP contribution in [0.25, 0.3) is 49.7 Å². The van der Waals surface area contributed by atoms with Gasteiger partial charge < -0.3 is 14.8 Å². The second-order valence-electron chi connectivity index (χ2n) is 16.4. The van der Waals surface area contributed by atoms with Crippen molar-refractivity contribution in [1.82, 2.24) is 4.57 Å². The minimum absolute atomic E-state index is 0.226. The monoisotopic (exact) mass is 731 g/mol.